The van der Waals surface area contributed by atoms with E-state index in [1.54, 1.807) is 12.3 Å². The zero-order valence-corrected chi connectivity index (χ0v) is 8.61. The molecule has 78 valence electrons. The number of nitrogens with zero attached hydrogens (tertiary/aromatic N) is 4. The summed E-state index contributed by atoms with van der Waals surface area (Å²) in [4.78, 5) is 6.97. The highest BCUT2D eigenvalue weighted by Gasteiger charge is 1.96. The van der Waals surface area contributed by atoms with Gasteiger partial charge in [0, 0.05) is 23.0 Å². The predicted molar refractivity (Wildman–Crippen MR) is 64.8 cm³/mol. The van der Waals surface area contributed by atoms with Crippen LogP contribution in [0.3, 0.4) is 0 Å². The Bertz CT molecular complexity index is 563. The van der Waals surface area contributed by atoms with Crippen LogP contribution in [-0.4, -0.2) is 11.5 Å². The van der Waals surface area contributed by atoms with Crippen LogP contribution in [0.2, 0.25) is 0 Å². The van der Waals surface area contributed by atoms with Crippen molar-refractivity contribution in [3.8, 4) is 0 Å². The van der Waals surface area contributed by atoms with Crippen LogP contribution < -0.4 is 0 Å². The van der Waals surface area contributed by atoms with E-state index in [-0.39, 0.29) is 0 Å². The highest BCUT2D eigenvalue weighted by molar-refractivity contribution is 5.88. The topological polar surface area (TPSA) is 61.7 Å². The number of hydrogen-bond acceptors (Lipinski definition) is 2. The predicted octanol–water partition coefficient (Wildman–Crippen LogP) is 3.56. The highest BCUT2D eigenvalue weighted by atomic mass is 15.1. The molecule has 0 unspecified atom stereocenters. The third-order valence-electron chi connectivity index (χ3n) is 2.23. The first kappa shape index (κ1) is 10.2. The summed E-state index contributed by atoms with van der Waals surface area (Å²) in [5.74, 6) is 0. The van der Waals surface area contributed by atoms with E-state index in [0.717, 1.165) is 16.5 Å². The molecule has 1 aromatic heterocycles. The van der Waals surface area contributed by atoms with Gasteiger partial charge in [0.05, 0.1) is 5.69 Å². The van der Waals surface area contributed by atoms with Crippen molar-refractivity contribution in [1.82, 2.24) is 4.98 Å². The number of aromatic nitrogens is 1. The van der Waals surface area contributed by atoms with Gasteiger partial charge in [0.2, 0.25) is 0 Å². The van der Waals surface area contributed by atoms with Gasteiger partial charge in [-0.25, -0.2) is 0 Å². The number of azide groups is 1. The molecule has 2 rings (SSSR count). The summed E-state index contributed by atoms with van der Waals surface area (Å²) in [6, 6.07) is 10.0. The van der Waals surface area contributed by atoms with Gasteiger partial charge in [-0.2, -0.15) is 0 Å². The van der Waals surface area contributed by atoms with Crippen LogP contribution in [0.5, 0.6) is 0 Å². The molecular formula is C12H10N4. The Labute approximate surface area is 92.9 Å². The maximum absolute atomic E-state index is 8.14. The lowest BCUT2D eigenvalue weighted by Gasteiger charge is -1.99. The molecule has 1 heterocycles. The summed E-state index contributed by atoms with van der Waals surface area (Å²) >= 11 is 0. The quantitative estimate of drug-likeness (QED) is 0.434. The fourth-order valence-electron chi connectivity index (χ4n) is 1.52. The maximum atomic E-state index is 8.14. The molecule has 4 nitrogen and oxygen atoms in total. The first-order chi connectivity index (χ1) is 7.92. The average Bonchev–Trinajstić information content (AvgIpc) is 2.35. The first-order valence-electron chi connectivity index (χ1n) is 4.93. The second-order valence-corrected chi connectivity index (χ2v) is 3.23. The van der Waals surface area contributed by atoms with Gasteiger partial charge in [0.25, 0.3) is 0 Å². The van der Waals surface area contributed by atoms with Gasteiger partial charge < -0.3 is 0 Å². The summed E-state index contributed by atoms with van der Waals surface area (Å²) in [5, 5.41) is 5.69. The summed E-state index contributed by atoms with van der Waals surface area (Å²) < 4.78 is 0. The van der Waals surface area contributed by atoms with Gasteiger partial charge in [-0.3, -0.25) is 4.98 Å². The largest absolute Gasteiger partial charge is 0.256 e. The molecule has 0 saturated carbocycles. The van der Waals surface area contributed by atoms with Crippen molar-refractivity contribution in [3.63, 3.8) is 0 Å². The lowest BCUT2D eigenvalue weighted by Crippen LogP contribution is -1.83. The van der Waals surface area contributed by atoms with Crippen LogP contribution >= 0.6 is 0 Å². The van der Waals surface area contributed by atoms with E-state index >= 15 is 0 Å². The lowest BCUT2D eigenvalue weighted by molar-refractivity contribution is 1.21. The Morgan fingerprint density at radius 2 is 2.19 bits per heavy atom. The standard InChI is InChI=1S/C12H10N4/c13-16-15-8-3-6-12-11-5-2-1-4-10(11)7-9-14-12/h1-7,9H,8H2. The van der Waals surface area contributed by atoms with E-state index in [1.165, 1.54) is 0 Å². The molecule has 0 amide bonds. The molecule has 0 aliphatic heterocycles. The highest BCUT2D eigenvalue weighted by Crippen LogP contribution is 2.17. The van der Waals surface area contributed by atoms with Crippen molar-refractivity contribution in [1.29, 1.82) is 0 Å². The normalized spacial score (nSPS) is 10.5. The Kier molecular flexibility index (Phi) is 3.16. The minimum atomic E-state index is 0.349. The van der Waals surface area contributed by atoms with Crippen LogP contribution in [-0.2, 0) is 0 Å². The molecule has 16 heavy (non-hydrogen) atoms. The van der Waals surface area contributed by atoms with Crippen molar-refractivity contribution in [3.05, 3.63) is 58.7 Å². The molecule has 0 aliphatic rings. The Morgan fingerprint density at radius 3 is 3.06 bits per heavy atom. The average molecular weight is 210 g/mol. The number of fused-ring (bicyclic) bond motifs is 1. The SMILES string of the molecule is [N-]=[N+]=NCC=Cc1nccc2ccccc12. The van der Waals surface area contributed by atoms with Gasteiger partial charge >= 0.3 is 0 Å². The van der Waals surface area contributed by atoms with Crippen LogP contribution in [0.4, 0.5) is 0 Å². The van der Waals surface area contributed by atoms with E-state index in [2.05, 4.69) is 15.0 Å². The summed E-state index contributed by atoms with van der Waals surface area (Å²) in [7, 11) is 0. The molecule has 0 fully saturated rings. The fourth-order valence-corrected chi connectivity index (χ4v) is 1.52. The molecule has 2 aromatic rings. The molecule has 0 aliphatic carbocycles. The fraction of sp³-hybridized carbons (Fsp3) is 0.0833. The van der Waals surface area contributed by atoms with E-state index < -0.39 is 0 Å². The van der Waals surface area contributed by atoms with Crippen molar-refractivity contribution in [2.75, 3.05) is 6.54 Å². The van der Waals surface area contributed by atoms with E-state index in [0.29, 0.717) is 6.54 Å². The Balaban J connectivity index is 2.37. The number of hydrogen-bond donors (Lipinski definition) is 0. The van der Waals surface area contributed by atoms with Crippen LogP contribution in [0, 0.1) is 0 Å². The summed E-state index contributed by atoms with van der Waals surface area (Å²) in [6.45, 7) is 0.349. The molecule has 0 N–H and O–H groups in total. The molecule has 1 aromatic carbocycles. The lowest BCUT2D eigenvalue weighted by atomic mass is 10.1. The van der Waals surface area contributed by atoms with Crippen LogP contribution in [0.15, 0.2) is 47.7 Å². The van der Waals surface area contributed by atoms with Crippen LogP contribution in [0.25, 0.3) is 27.3 Å². The van der Waals surface area contributed by atoms with Gasteiger partial charge in [-0.1, -0.05) is 35.5 Å². The molecular weight excluding hydrogens is 200 g/mol. The van der Waals surface area contributed by atoms with E-state index in [1.807, 2.05) is 36.4 Å². The number of pyridine rings is 1. The van der Waals surface area contributed by atoms with Crippen molar-refractivity contribution < 1.29 is 0 Å². The van der Waals surface area contributed by atoms with Gasteiger partial charge in [-0.15, -0.1) is 0 Å². The minimum absolute atomic E-state index is 0.349. The molecule has 0 saturated heterocycles. The maximum Gasteiger partial charge on any atom is 0.0704 e. The zero-order chi connectivity index (χ0) is 11.2. The van der Waals surface area contributed by atoms with Gasteiger partial charge in [-0.05, 0) is 23.1 Å². The van der Waals surface area contributed by atoms with E-state index in [9.17, 15) is 0 Å². The van der Waals surface area contributed by atoms with Gasteiger partial charge in [0.15, 0.2) is 0 Å². The molecule has 0 bridgehead atoms. The second kappa shape index (κ2) is 4.96. The van der Waals surface area contributed by atoms with Crippen LogP contribution in [0.1, 0.15) is 5.69 Å². The van der Waals surface area contributed by atoms with Crippen molar-refractivity contribution in [2.24, 2.45) is 5.11 Å². The molecule has 0 spiro atoms. The summed E-state index contributed by atoms with van der Waals surface area (Å²) in [6.07, 6.45) is 5.45. The third kappa shape index (κ3) is 2.19. The summed E-state index contributed by atoms with van der Waals surface area (Å²) in [5.41, 5.74) is 9.04. The molecule has 0 atom stereocenters. The Morgan fingerprint density at radius 1 is 1.31 bits per heavy atom. The Hall–Kier alpha value is -2.32. The molecule has 0 radical (unpaired) electrons. The first-order valence-corrected chi connectivity index (χ1v) is 4.93. The van der Waals surface area contributed by atoms with Crippen molar-refractivity contribution >= 4 is 16.8 Å². The molecule has 4 heteroatoms. The zero-order valence-electron chi connectivity index (χ0n) is 8.61. The van der Waals surface area contributed by atoms with E-state index in [4.69, 9.17) is 5.53 Å². The number of rotatable bonds is 3. The minimum Gasteiger partial charge on any atom is -0.256 e. The second-order valence-electron chi connectivity index (χ2n) is 3.23. The smallest absolute Gasteiger partial charge is 0.0704 e. The third-order valence-corrected chi connectivity index (χ3v) is 2.23. The monoisotopic (exact) mass is 210 g/mol. The number of benzene rings is 1. The van der Waals surface area contributed by atoms with Crippen molar-refractivity contribution in [2.45, 2.75) is 0 Å². The van der Waals surface area contributed by atoms with Gasteiger partial charge in [0.1, 0.15) is 0 Å².